The number of alkyl halides is 2. The van der Waals surface area contributed by atoms with Crippen molar-refractivity contribution in [3.05, 3.63) is 36.7 Å². The highest BCUT2D eigenvalue weighted by molar-refractivity contribution is 7.92. The Hall–Kier alpha value is -2.59. The molecule has 2 N–H and O–H groups in total. The summed E-state index contributed by atoms with van der Waals surface area (Å²) in [7, 11) is -3.79. The number of fused-ring (bicyclic) bond motifs is 1. The summed E-state index contributed by atoms with van der Waals surface area (Å²) in [5.74, 6) is -2.32. The van der Waals surface area contributed by atoms with Gasteiger partial charge >= 0.3 is 0 Å². The van der Waals surface area contributed by atoms with Crippen molar-refractivity contribution in [2.75, 3.05) is 11.9 Å². The third-order valence-corrected chi connectivity index (χ3v) is 9.57. The predicted octanol–water partition coefficient (Wildman–Crippen LogP) is 5.36. The minimum atomic E-state index is -3.79. The summed E-state index contributed by atoms with van der Waals surface area (Å²) in [5.41, 5.74) is 2.49. The van der Waals surface area contributed by atoms with Gasteiger partial charge in [0.25, 0.3) is 5.92 Å². The highest BCUT2D eigenvalue weighted by Gasteiger charge is 2.51. The molecule has 0 bridgehead atoms. The van der Waals surface area contributed by atoms with Gasteiger partial charge in [-0.1, -0.05) is 25.5 Å². The van der Waals surface area contributed by atoms with E-state index in [0.717, 1.165) is 67.2 Å². The number of nitrogens with zero attached hydrogens (tertiary/aromatic N) is 3. The maximum Gasteiger partial charge on any atom is 0.250 e. The van der Waals surface area contributed by atoms with E-state index in [1.165, 1.54) is 12.1 Å². The molecule has 2 aliphatic carbocycles. The number of aromatic nitrogens is 3. The van der Waals surface area contributed by atoms with E-state index in [4.69, 9.17) is 4.98 Å². The first-order valence-corrected chi connectivity index (χ1v) is 14.2. The van der Waals surface area contributed by atoms with Gasteiger partial charge in [0.2, 0.25) is 5.95 Å². The Labute approximate surface area is 209 Å². The quantitative estimate of drug-likeness (QED) is 0.390. The van der Waals surface area contributed by atoms with Crippen molar-refractivity contribution in [3.8, 4) is 11.1 Å². The molecule has 0 atom stereocenters. The van der Waals surface area contributed by atoms with Gasteiger partial charge in [-0.05, 0) is 49.8 Å². The summed E-state index contributed by atoms with van der Waals surface area (Å²) < 4.78 is 54.2. The van der Waals surface area contributed by atoms with Crippen LogP contribution >= 0.6 is 0 Å². The van der Waals surface area contributed by atoms with Crippen LogP contribution in [0.2, 0.25) is 0 Å². The molecular formula is C26H32F2N4O3S. The van der Waals surface area contributed by atoms with Gasteiger partial charge in [0, 0.05) is 48.8 Å². The molecule has 2 heterocycles. The van der Waals surface area contributed by atoms with E-state index in [0.29, 0.717) is 5.95 Å². The van der Waals surface area contributed by atoms with Gasteiger partial charge < -0.3 is 15.0 Å². The molecule has 194 valence electrons. The zero-order valence-electron chi connectivity index (χ0n) is 20.3. The minimum absolute atomic E-state index is 0.0652. The summed E-state index contributed by atoms with van der Waals surface area (Å²) >= 11 is 0. The first-order chi connectivity index (χ1) is 17.2. The molecule has 0 amide bonds. The summed E-state index contributed by atoms with van der Waals surface area (Å²) in [6.07, 6.45) is 7.56. The van der Waals surface area contributed by atoms with Crippen LogP contribution in [0.4, 0.5) is 14.7 Å². The lowest BCUT2D eigenvalue weighted by Crippen LogP contribution is -2.44. The lowest BCUT2D eigenvalue weighted by molar-refractivity contribution is -0.0685. The van der Waals surface area contributed by atoms with Crippen LogP contribution in [0.3, 0.4) is 0 Å². The molecule has 1 aromatic carbocycles. The van der Waals surface area contributed by atoms with E-state index in [9.17, 15) is 22.3 Å². The second-order valence-corrected chi connectivity index (χ2v) is 12.3. The van der Waals surface area contributed by atoms with E-state index in [-0.39, 0.29) is 17.0 Å². The summed E-state index contributed by atoms with van der Waals surface area (Å²) in [4.78, 5) is 9.38. The van der Waals surface area contributed by atoms with E-state index < -0.39 is 33.9 Å². The van der Waals surface area contributed by atoms with Crippen molar-refractivity contribution in [3.63, 3.8) is 0 Å². The number of rotatable bonds is 8. The molecular weight excluding hydrogens is 486 g/mol. The van der Waals surface area contributed by atoms with Crippen LogP contribution < -0.4 is 5.32 Å². The lowest BCUT2D eigenvalue weighted by atomic mass is 9.93. The summed E-state index contributed by atoms with van der Waals surface area (Å²) in [6.45, 7) is 2.91. The molecule has 7 nitrogen and oxygen atoms in total. The third kappa shape index (κ3) is 4.85. The van der Waals surface area contributed by atoms with Gasteiger partial charge in [-0.2, -0.15) is 4.98 Å². The van der Waals surface area contributed by atoms with E-state index in [1.54, 1.807) is 18.3 Å². The largest absolute Gasteiger partial charge is 0.393 e. The zero-order valence-corrected chi connectivity index (χ0v) is 21.1. The Kier molecular flexibility index (Phi) is 6.76. The van der Waals surface area contributed by atoms with Gasteiger partial charge in [-0.15, -0.1) is 0 Å². The Morgan fingerprint density at radius 2 is 1.83 bits per heavy atom. The molecule has 2 saturated carbocycles. The normalized spacial score (nSPS) is 22.4. The molecule has 2 aromatic heterocycles. The van der Waals surface area contributed by atoms with E-state index >= 15 is 0 Å². The standard InChI is InChI=1S/C26H32F2N4O3S/c1-2-3-12-29-25-30-15-22-23(16-32(24(22)31-25)18-6-8-19(33)9-7-18)17-4-10-20(11-5-17)36(34,35)21-13-26(27,28)14-21/h4-5,10-11,15-16,18-19,21,33H,2-3,6-9,12-14H2,1H3,(H,29,30,31). The number of hydrogen-bond donors (Lipinski definition) is 2. The van der Waals surface area contributed by atoms with Crippen molar-refractivity contribution >= 4 is 26.8 Å². The fourth-order valence-electron chi connectivity index (χ4n) is 5.18. The average molecular weight is 519 g/mol. The molecule has 2 aliphatic rings. The number of halogens is 2. The molecule has 5 rings (SSSR count). The SMILES string of the molecule is CCCCNc1ncc2c(-c3ccc(S(=O)(=O)C4CC(F)(F)C4)cc3)cn(C3CCC(O)CC3)c2n1. The van der Waals surface area contributed by atoms with Crippen molar-refractivity contribution in [1.29, 1.82) is 0 Å². The zero-order chi connectivity index (χ0) is 25.5. The van der Waals surface area contributed by atoms with Crippen molar-refractivity contribution in [2.24, 2.45) is 0 Å². The van der Waals surface area contributed by atoms with Crippen molar-refractivity contribution in [2.45, 2.75) is 86.5 Å². The Morgan fingerprint density at radius 3 is 2.47 bits per heavy atom. The van der Waals surface area contributed by atoms with Crippen molar-refractivity contribution < 1.29 is 22.3 Å². The molecule has 0 unspecified atom stereocenters. The first-order valence-electron chi connectivity index (χ1n) is 12.7. The molecule has 2 fully saturated rings. The van der Waals surface area contributed by atoms with Crippen LogP contribution in [0.15, 0.2) is 41.6 Å². The monoisotopic (exact) mass is 518 g/mol. The van der Waals surface area contributed by atoms with Gasteiger partial charge in [0.05, 0.1) is 16.2 Å². The maximum atomic E-state index is 13.3. The molecule has 0 saturated heterocycles. The molecule has 36 heavy (non-hydrogen) atoms. The minimum Gasteiger partial charge on any atom is -0.393 e. The second kappa shape index (κ2) is 9.70. The number of aliphatic hydroxyl groups is 1. The number of anilines is 1. The van der Waals surface area contributed by atoms with Crippen LogP contribution in [0, 0.1) is 0 Å². The number of hydrogen-bond acceptors (Lipinski definition) is 6. The highest BCUT2D eigenvalue weighted by atomic mass is 32.2. The Morgan fingerprint density at radius 1 is 1.14 bits per heavy atom. The summed E-state index contributed by atoms with van der Waals surface area (Å²) in [6, 6.07) is 6.65. The highest BCUT2D eigenvalue weighted by Crippen LogP contribution is 2.44. The number of sulfone groups is 1. The van der Waals surface area contributed by atoms with Gasteiger partial charge in [0.1, 0.15) is 5.65 Å². The second-order valence-electron chi connectivity index (χ2n) is 10.1. The van der Waals surface area contributed by atoms with Crippen LogP contribution in [-0.2, 0) is 9.84 Å². The van der Waals surface area contributed by atoms with Crippen LogP contribution in [0.5, 0.6) is 0 Å². The van der Waals surface area contributed by atoms with E-state index in [1.807, 2.05) is 6.20 Å². The Balaban J connectivity index is 1.48. The Bertz CT molecular complexity index is 1330. The number of benzene rings is 1. The van der Waals surface area contributed by atoms with Crippen LogP contribution in [-0.4, -0.2) is 51.9 Å². The molecule has 3 aromatic rings. The molecule has 0 aliphatic heterocycles. The number of nitrogens with one attached hydrogen (secondary N) is 1. The number of aliphatic hydroxyl groups excluding tert-OH is 1. The van der Waals surface area contributed by atoms with Crippen molar-refractivity contribution in [1.82, 2.24) is 14.5 Å². The first kappa shape index (κ1) is 25.1. The van der Waals surface area contributed by atoms with Gasteiger partial charge in [-0.3, -0.25) is 0 Å². The fraction of sp³-hybridized carbons (Fsp3) is 0.538. The lowest BCUT2D eigenvalue weighted by Gasteiger charge is -2.34. The summed E-state index contributed by atoms with van der Waals surface area (Å²) in [5, 5.41) is 13.1. The molecule has 10 heteroatoms. The fourth-order valence-corrected chi connectivity index (χ4v) is 7.01. The smallest absolute Gasteiger partial charge is 0.250 e. The van der Waals surface area contributed by atoms with Gasteiger partial charge in [0.15, 0.2) is 9.84 Å². The van der Waals surface area contributed by atoms with Gasteiger partial charge in [-0.25, -0.2) is 22.2 Å². The predicted molar refractivity (Wildman–Crippen MR) is 135 cm³/mol. The third-order valence-electron chi connectivity index (χ3n) is 7.43. The van der Waals surface area contributed by atoms with Crippen LogP contribution in [0.25, 0.3) is 22.2 Å². The van der Waals surface area contributed by atoms with E-state index in [2.05, 4.69) is 21.8 Å². The van der Waals surface area contributed by atoms with Crippen LogP contribution in [0.1, 0.15) is 64.3 Å². The average Bonchev–Trinajstić information content (AvgIpc) is 3.22. The topological polar surface area (TPSA) is 97.1 Å². The number of unbranched alkanes of at least 4 members (excludes halogenated alkanes) is 1. The molecule has 0 spiro atoms. The maximum absolute atomic E-state index is 13.3. The molecule has 0 radical (unpaired) electrons.